The molecule has 1 aromatic rings. The molecule has 82 valence electrons. The Kier molecular flexibility index (Phi) is 3.14. The standard InChI is InChI=1S/C10H13BrN2O2/c11-6-1-2-7(12)10(14)9(6)8-5-15-4-3-13-8/h1-2,8,13-14H,3-5,12H2/t8-/m1/s1. The largest absolute Gasteiger partial charge is 0.505 e. The van der Waals surface area contributed by atoms with Crippen LogP contribution in [0.3, 0.4) is 0 Å². The van der Waals surface area contributed by atoms with Gasteiger partial charge in [-0.1, -0.05) is 15.9 Å². The van der Waals surface area contributed by atoms with E-state index < -0.39 is 0 Å². The van der Waals surface area contributed by atoms with Gasteiger partial charge in [0.15, 0.2) is 0 Å². The number of nitrogens with two attached hydrogens (primary N) is 1. The molecule has 1 aliphatic heterocycles. The monoisotopic (exact) mass is 272 g/mol. The van der Waals surface area contributed by atoms with Crippen LogP contribution in [0.2, 0.25) is 0 Å². The molecule has 1 atom stereocenters. The van der Waals surface area contributed by atoms with Gasteiger partial charge in [-0.05, 0) is 12.1 Å². The zero-order valence-corrected chi connectivity index (χ0v) is 9.75. The van der Waals surface area contributed by atoms with Crippen molar-refractivity contribution in [3.8, 4) is 5.75 Å². The highest BCUT2D eigenvalue weighted by molar-refractivity contribution is 9.10. The molecule has 15 heavy (non-hydrogen) atoms. The topological polar surface area (TPSA) is 67.5 Å². The predicted molar refractivity (Wildman–Crippen MR) is 61.8 cm³/mol. The summed E-state index contributed by atoms with van der Waals surface area (Å²) in [5.74, 6) is 0.132. The Bertz CT molecular complexity index is 365. The highest BCUT2D eigenvalue weighted by atomic mass is 79.9. The summed E-state index contributed by atoms with van der Waals surface area (Å²) in [5.41, 5.74) is 6.82. The number of nitrogens with one attached hydrogen (secondary N) is 1. The fraction of sp³-hybridized carbons (Fsp3) is 0.400. The zero-order valence-electron chi connectivity index (χ0n) is 8.16. The van der Waals surface area contributed by atoms with E-state index in [0.717, 1.165) is 16.6 Å². The predicted octanol–water partition coefficient (Wildman–Crippen LogP) is 1.40. The number of benzene rings is 1. The van der Waals surface area contributed by atoms with Crippen molar-refractivity contribution in [3.63, 3.8) is 0 Å². The lowest BCUT2D eigenvalue weighted by Gasteiger charge is -2.26. The maximum absolute atomic E-state index is 9.88. The molecular weight excluding hydrogens is 260 g/mol. The van der Waals surface area contributed by atoms with Gasteiger partial charge >= 0.3 is 0 Å². The van der Waals surface area contributed by atoms with Crippen LogP contribution in [-0.2, 0) is 4.74 Å². The summed E-state index contributed by atoms with van der Waals surface area (Å²) < 4.78 is 6.20. The molecule has 4 nitrogen and oxygen atoms in total. The fourth-order valence-corrected chi connectivity index (χ4v) is 2.28. The van der Waals surface area contributed by atoms with Crippen LogP contribution in [0, 0.1) is 0 Å². The van der Waals surface area contributed by atoms with Gasteiger partial charge in [0.25, 0.3) is 0 Å². The van der Waals surface area contributed by atoms with Crippen molar-refractivity contribution in [2.45, 2.75) is 6.04 Å². The molecule has 4 N–H and O–H groups in total. The van der Waals surface area contributed by atoms with Gasteiger partial charge in [-0.3, -0.25) is 0 Å². The molecule has 0 bridgehead atoms. The third kappa shape index (κ3) is 2.09. The number of hydrogen-bond donors (Lipinski definition) is 3. The number of halogens is 1. The third-order valence-corrected chi connectivity index (χ3v) is 3.16. The number of morpholine rings is 1. The smallest absolute Gasteiger partial charge is 0.144 e. The number of ether oxygens (including phenoxy) is 1. The number of nitrogen functional groups attached to an aromatic ring is 1. The van der Waals surface area contributed by atoms with Crippen LogP contribution in [0.4, 0.5) is 5.69 Å². The van der Waals surface area contributed by atoms with E-state index in [1.807, 2.05) is 6.07 Å². The van der Waals surface area contributed by atoms with Gasteiger partial charge in [-0.25, -0.2) is 0 Å². The quantitative estimate of drug-likeness (QED) is 0.534. The lowest BCUT2D eigenvalue weighted by Crippen LogP contribution is -2.34. The summed E-state index contributed by atoms with van der Waals surface area (Å²) in [4.78, 5) is 0. The molecule has 0 aromatic heterocycles. The highest BCUT2D eigenvalue weighted by Gasteiger charge is 2.22. The van der Waals surface area contributed by atoms with Gasteiger partial charge in [0, 0.05) is 16.6 Å². The minimum Gasteiger partial charge on any atom is -0.505 e. The van der Waals surface area contributed by atoms with Crippen LogP contribution in [0.5, 0.6) is 5.75 Å². The summed E-state index contributed by atoms with van der Waals surface area (Å²) in [6.07, 6.45) is 0. The van der Waals surface area contributed by atoms with Gasteiger partial charge < -0.3 is 20.9 Å². The molecule has 1 heterocycles. The maximum atomic E-state index is 9.88. The molecule has 0 unspecified atom stereocenters. The van der Waals surface area contributed by atoms with Crippen LogP contribution >= 0.6 is 15.9 Å². The Balaban J connectivity index is 2.36. The van der Waals surface area contributed by atoms with Crippen LogP contribution in [0.15, 0.2) is 16.6 Å². The number of anilines is 1. The molecule has 0 spiro atoms. The second-order valence-electron chi connectivity index (χ2n) is 3.48. The van der Waals surface area contributed by atoms with Crippen LogP contribution in [0.1, 0.15) is 11.6 Å². The van der Waals surface area contributed by atoms with Crippen molar-refractivity contribution < 1.29 is 9.84 Å². The highest BCUT2D eigenvalue weighted by Crippen LogP contribution is 2.36. The van der Waals surface area contributed by atoms with E-state index in [1.165, 1.54) is 0 Å². The number of phenols is 1. The van der Waals surface area contributed by atoms with Crippen molar-refractivity contribution in [3.05, 3.63) is 22.2 Å². The first-order valence-electron chi connectivity index (χ1n) is 4.78. The average Bonchev–Trinajstić information content (AvgIpc) is 2.26. The van der Waals surface area contributed by atoms with Gasteiger partial charge in [-0.15, -0.1) is 0 Å². The molecule has 1 aromatic carbocycles. The van der Waals surface area contributed by atoms with E-state index in [9.17, 15) is 5.11 Å². The number of hydrogen-bond acceptors (Lipinski definition) is 4. The molecule has 0 aliphatic carbocycles. The van der Waals surface area contributed by atoms with Gasteiger partial charge in [0.05, 0.1) is 24.9 Å². The third-order valence-electron chi connectivity index (χ3n) is 2.47. The summed E-state index contributed by atoms with van der Waals surface area (Å²) in [6, 6.07) is 3.50. The molecule has 0 saturated carbocycles. The van der Waals surface area contributed by atoms with E-state index >= 15 is 0 Å². The number of phenolic OH excluding ortho intramolecular Hbond substituents is 1. The number of rotatable bonds is 1. The normalized spacial score (nSPS) is 21.5. The Morgan fingerprint density at radius 2 is 2.33 bits per heavy atom. The SMILES string of the molecule is Nc1ccc(Br)c([C@H]2COCCN2)c1O. The van der Waals surface area contributed by atoms with Gasteiger partial charge in [0.2, 0.25) is 0 Å². The van der Waals surface area contributed by atoms with E-state index in [4.69, 9.17) is 10.5 Å². The fourth-order valence-electron chi connectivity index (χ4n) is 1.68. The molecular formula is C10H13BrN2O2. The molecule has 1 aliphatic rings. The first-order chi connectivity index (χ1) is 7.20. The van der Waals surface area contributed by atoms with Gasteiger partial charge in [0.1, 0.15) is 5.75 Å². The summed E-state index contributed by atoms with van der Waals surface area (Å²) >= 11 is 3.41. The molecule has 0 amide bonds. The lowest BCUT2D eigenvalue weighted by molar-refractivity contribution is 0.0759. The van der Waals surface area contributed by atoms with Crippen LogP contribution in [0.25, 0.3) is 0 Å². The van der Waals surface area contributed by atoms with Crippen molar-refractivity contribution in [1.82, 2.24) is 5.32 Å². The minimum absolute atomic E-state index is 0.00313. The van der Waals surface area contributed by atoms with Crippen molar-refractivity contribution in [1.29, 1.82) is 0 Å². The Morgan fingerprint density at radius 3 is 3.00 bits per heavy atom. The van der Waals surface area contributed by atoms with Crippen LogP contribution in [-0.4, -0.2) is 24.9 Å². The maximum Gasteiger partial charge on any atom is 0.144 e. The second kappa shape index (κ2) is 4.38. The van der Waals surface area contributed by atoms with Crippen molar-refractivity contribution >= 4 is 21.6 Å². The summed E-state index contributed by atoms with van der Waals surface area (Å²) in [6.45, 7) is 2.04. The summed E-state index contributed by atoms with van der Waals surface area (Å²) in [5, 5.41) is 13.2. The molecule has 2 rings (SSSR count). The second-order valence-corrected chi connectivity index (χ2v) is 4.33. The van der Waals surface area contributed by atoms with Crippen molar-refractivity contribution in [2.75, 3.05) is 25.5 Å². The average molecular weight is 273 g/mol. The number of aromatic hydroxyl groups is 1. The van der Waals surface area contributed by atoms with E-state index in [2.05, 4.69) is 21.2 Å². The Morgan fingerprint density at radius 1 is 1.53 bits per heavy atom. The van der Waals surface area contributed by atoms with Crippen LogP contribution < -0.4 is 11.1 Å². The molecule has 1 fully saturated rings. The molecule has 0 radical (unpaired) electrons. The molecule has 5 heteroatoms. The van der Waals surface area contributed by atoms with E-state index in [1.54, 1.807) is 6.07 Å². The zero-order chi connectivity index (χ0) is 10.8. The van der Waals surface area contributed by atoms with Gasteiger partial charge in [-0.2, -0.15) is 0 Å². The first-order valence-corrected chi connectivity index (χ1v) is 5.57. The molecule has 1 saturated heterocycles. The van der Waals surface area contributed by atoms with Crippen molar-refractivity contribution in [2.24, 2.45) is 0 Å². The Hall–Kier alpha value is -0.780. The first kappa shape index (κ1) is 10.7. The van der Waals surface area contributed by atoms with E-state index in [0.29, 0.717) is 18.9 Å². The Labute approximate surface area is 96.6 Å². The van der Waals surface area contributed by atoms with E-state index in [-0.39, 0.29) is 11.8 Å². The minimum atomic E-state index is -0.00313. The summed E-state index contributed by atoms with van der Waals surface area (Å²) in [7, 11) is 0. The lowest BCUT2D eigenvalue weighted by atomic mass is 10.0.